The fourth-order valence-corrected chi connectivity index (χ4v) is 0.624. The number of rotatable bonds is 3. The topological polar surface area (TPSA) is 9.23 Å². The summed E-state index contributed by atoms with van der Waals surface area (Å²) in [7, 11) is 0. The van der Waals surface area contributed by atoms with E-state index in [1.165, 1.54) is 0 Å². The molecule has 1 nitrogen and oxygen atoms in total. The maximum atomic E-state index is 5.55. The summed E-state index contributed by atoms with van der Waals surface area (Å²) < 4.78 is 5.55. The Morgan fingerprint density at radius 3 is 2.20 bits per heavy atom. The lowest BCUT2D eigenvalue weighted by Gasteiger charge is -2.21. The second-order valence-electron chi connectivity index (χ2n) is 3.68. The molecule has 0 heterocycles. The quantitative estimate of drug-likeness (QED) is 0.649. The Kier molecular flexibility index (Phi) is 4.54. The van der Waals surface area contributed by atoms with Crippen molar-refractivity contribution in [2.24, 2.45) is 5.92 Å². The van der Waals surface area contributed by atoms with Crippen LogP contribution in [0.3, 0.4) is 0 Å². The molecule has 10 heavy (non-hydrogen) atoms. The third kappa shape index (κ3) is 6.56. The van der Waals surface area contributed by atoms with Crippen molar-refractivity contribution in [3.8, 4) is 0 Å². The molecule has 62 valence electrons. The van der Waals surface area contributed by atoms with Crippen LogP contribution < -0.4 is 0 Å². The second kappa shape index (κ2) is 4.35. The Labute approximate surface area is 72.3 Å². The van der Waals surface area contributed by atoms with E-state index in [9.17, 15) is 0 Å². The molecular formula is C8H17BrO. The number of alkyl halides is 1. The van der Waals surface area contributed by atoms with Crippen molar-refractivity contribution in [2.45, 2.75) is 33.3 Å². The van der Waals surface area contributed by atoms with Crippen LogP contribution in [0.2, 0.25) is 0 Å². The molecule has 1 unspecified atom stereocenters. The van der Waals surface area contributed by atoms with Crippen molar-refractivity contribution >= 4 is 15.9 Å². The molecule has 0 aromatic rings. The standard InChI is InChI=1S/C8H17BrO/c1-7(5-9)6-10-8(2,3)4/h7H,5-6H2,1-4H3. The predicted octanol–water partition coefficient (Wildman–Crippen LogP) is 2.83. The van der Waals surface area contributed by atoms with Crippen LogP contribution in [0, 0.1) is 5.92 Å². The largest absolute Gasteiger partial charge is 0.376 e. The lowest BCUT2D eigenvalue weighted by atomic mass is 10.2. The molecule has 0 radical (unpaired) electrons. The van der Waals surface area contributed by atoms with Gasteiger partial charge in [-0.15, -0.1) is 0 Å². The molecule has 0 aromatic heterocycles. The van der Waals surface area contributed by atoms with E-state index in [2.05, 4.69) is 43.6 Å². The van der Waals surface area contributed by atoms with Gasteiger partial charge in [0.25, 0.3) is 0 Å². The number of ether oxygens (including phenoxy) is 1. The number of halogens is 1. The zero-order chi connectivity index (χ0) is 8.20. The molecule has 0 aliphatic heterocycles. The summed E-state index contributed by atoms with van der Waals surface area (Å²) in [6.45, 7) is 9.24. The van der Waals surface area contributed by atoms with E-state index >= 15 is 0 Å². The SMILES string of the molecule is CC(CBr)COC(C)(C)C. The van der Waals surface area contributed by atoms with Crippen LogP contribution in [0.15, 0.2) is 0 Å². The van der Waals surface area contributed by atoms with Crippen molar-refractivity contribution in [1.29, 1.82) is 0 Å². The maximum absolute atomic E-state index is 5.55. The summed E-state index contributed by atoms with van der Waals surface area (Å²) >= 11 is 3.40. The van der Waals surface area contributed by atoms with Gasteiger partial charge in [0, 0.05) is 5.33 Å². The van der Waals surface area contributed by atoms with Gasteiger partial charge in [0.05, 0.1) is 12.2 Å². The smallest absolute Gasteiger partial charge is 0.0598 e. The molecule has 0 aliphatic carbocycles. The first-order valence-corrected chi connectivity index (χ1v) is 4.78. The summed E-state index contributed by atoms with van der Waals surface area (Å²) in [6, 6.07) is 0. The lowest BCUT2D eigenvalue weighted by molar-refractivity contribution is -0.0159. The van der Waals surface area contributed by atoms with Crippen LogP contribution in [0.4, 0.5) is 0 Å². The molecule has 1 atom stereocenters. The van der Waals surface area contributed by atoms with Crippen LogP contribution in [0.5, 0.6) is 0 Å². The average molecular weight is 209 g/mol. The Morgan fingerprint density at radius 1 is 1.40 bits per heavy atom. The highest BCUT2D eigenvalue weighted by atomic mass is 79.9. The molecule has 0 aromatic carbocycles. The summed E-state index contributed by atoms with van der Waals surface area (Å²) in [5.41, 5.74) is 0.0103. The summed E-state index contributed by atoms with van der Waals surface area (Å²) in [4.78, 5) is 0. The van der Waals surface area contributed by atoms with Gasteiger partial charge in [0.2, 0.25) is 0 Å². The molecule has 0 spiro atoms. The van der Waals surface area contributed by atoms with E-state index in [0.717, 1.165) is 11.9 Å². The fraction of sp³-hybridized carbons (Fsp3) is 1.00. The highest BCUT2D eigenvalue weighted by molar-refractivity contribution is 9.09. The van der Waals surface area contributed by atoms with Crippen molar-refractivity contribution < 1.29 is 4.74 Å². The number of hydrogen-bond donors (Lipinski definition) is 0. The lowest BCUT2D eigenvalue weighted by Crippen LogP contribution is -2.22. The molecule has 0 bridgehead atoms. The van der Waals surface area contributed by atoms with E-state index in [1.807, 2.05) is 0 Å². The molecule has 0 saturated carbocycles. The van der Waals surface area contributed by atoms with Gasteiger partial charge >= 0.3 is 0 Å². The van der Waals surface area contributed by atoms with Gasteiger partial charge in [-0.2, -0.15) is 0 Å². The first-order valence-electron chi connectivity index (χ1n) is 3.65. The van der Waals surface area contributed by atoms with E-state index in [4.69, 9.17) is 4.74 Å². The molecule has 0 rings (SSSR count). The molecule has 2 heteroatoms. The van der Waals surface area contributed by atoms with Gasteiger partial charge in [-0.1, -0.05) is 22.9 Å². The number of hydrogen-bond acceptors (Lipinski definition) is 1. The Morgan fingerprint density at radius 2 is 1.90 bits per heavy atom. The van der Waals surface area contributed by atoms with E-state index in [-0.39, 0.29) is 5.60 Å². The van der Waals surface area contributed by atoms with Gasteiger partial charge in [-0.25, -0.2) is 0 Å². The highest BCUT2D eigenvalue weighted by Gasteiger charge is 2.11. The average Bonchev–Trinajstić information content (AvgIpc) is 1.81. The van der Waals surface area contributed by atoms with Crippen LogP contribution >= 0.6 is 15.9 Å². The van der Waals surface area contributed by atoms with Crippen molar-refractivity contribution in [3.63, 3.8) is 0 Å². The molecule has 0 aliphatic rings. The monoisotopic (exact) mass is 208 g/mol. The van der Waals surface area contributed by atoms with E-state index in [0.29, 0.717) is 5.92 Å². The second-order valence-corrected chi connectivity index (χ2v) is 4.33. The normalized spacial score (nSPS) is 15.3. The zero-order valence-corrected chi connectivity index (χ0v) is 8.86. The minimum absolute atomic E-state index is 0.0103. The predicted molar refractivity (Wildman–Crippen MR) is 48.7 cm³/mol. The van der Waals surface area contributed by atoms with Gasteiger partial charge in [0.1, 0.15) is 0 Å². The third-order valence-corrected chi connectivity index (χ3v) is 2.17. The van der Waals surface area contributed by atoms with Crippen molar-refractivity contribution in [1.82, 2.24) is 0 Å². The maximum Gasteiger partial charge on any atom is 0.0598 e. The summed E-state index contributed by atoms with van der Waals surface area (Å²) in [5, 5.41) is 1.02. The Balaban J connectivity index is 3.36. The Bertz CT molecular complexity index is 85.7. The molecule has 0 fully saturated rings. The highest BCUT2D eigenvalue weighted by Crippen LogP contribution is 2.10. The third-order valence-electron chi connectivity index (χ3n) is 1.06. The zero-order valence-electron chi connectivity index (χ0n) is 7.28. The van der Waals surface area contributed by atoms with E-state index < -0.39 is 0 Å². The summed E-state index contributed by atoms with van der Waals surface area (Å²) in [5.74, 6) is 0.610. The van der Waals surface area contributed by atoms with Crippen LogP contribution in [-0.2, 0) is 4.74 Å². The minimum atomic E-state index is 0.0103. The van der Waals surface area contributed by atoms with Gasteiger partial charge in [-0.05, 0) is 26.7 Å². The first-order chi connectivity index (χ1) is 4.45. The van der Waals surface area contributed by atoms with Gasteiger partial charge < -0.3 is 4.74 Å². The van der Waals surface area contributed by atoms with Crippen LogP contribution in [0.1, 0.15) is 27.7 Å². The molecule has 0 N–H and O–H groups in total. The van der Waals surface area contributed by atoms with E-state index in [1.54, 1.807) is 0 Å². The first kappa shape index (κ1) is 10.4. The summed E-state index contributed by atoms with van der Waals surface area (Å²) in [6.07, 6.45) is 0. The molecule has 0 saturated heterocycles. The van der Waals surface area contributed by atoms with Crippen LogP contribution in [-0.4, -0.2) is 17.5 Å². The van der Waals surface area contributed by atoms with Crippen molar-refractivity contribution in [3.05, 3.63) is 0 Å². The van der Waals surface area contributed by atoms with Crippen LogP contribution in [0.25, 0.3) is 0 Å². The van der Waals surface area contributed by atoms with Crippen molar-refractivity contribution in [2.75, 3.05) is 11.9 Å². The van der Waals surface area contributed by atoms with Gasteiger partial charge in [0.15, 0.2) is 0 Å². The molecule has 0 amide bonds. The Hall–Kier alpha value is 0.440. The minimum Gasteiger partial charge on any atom is -0.376 e. The fourth-order valence-electron chi connectivity index (χ4n) is 0.437. The van der Waals surface area contributed by atoms with Gasteiger partial charge in [-0.3, -0.25) is 0 Å². The molecular weight excluding hydrogens is 192 g/mol.